The van der Waals surface area contributed by atoms with E-state index in [1.807, 2.05) is 18.2 Å². The first-order valence-electron chi connectivity index (χ1n) is 5.04. The van der Waals surface area contributed by atoms with Crippen LogP contribution < -0.4 is 0 Å². The van der Waals surface area contributed by atoms with Crippen LogP contribution in [0.2, 0.25) is 0 Å². The first kappa shape index (κ1) is 12.7. The van der Waals surface area contributed by atoms with Crippen LogP contribution >= 0.6 is 0 Å². The Kier molecular flexibility index (Phi) is 4.70. The lowest BCUT2D eigenvalue weighted by Crippen LogP contribution is -2.35. The number of amides is 1. The molecule has 1 rings (SSSR count). The summed E-state index contributed by atoms with van der Waals surface area (Å²) in [5.74, 6) is 0. The average molecular weight is 232 g/mol. The molecule has 0 saturated heterocycles. The molecular formula is C12H12N2O3. The van der Waals surface area contributed by atoms with E-state index in [1.54, 1.807) is 18.3 Å². The van der Waals surface area contributed by atoms with Gasteiger partial charge in [-0.2, -0.15) is 5.26 Å². The molecule has 0 fully saturated rings. The van der Waals surface area contributed by atoms with Crippen molar-refractivity contribution in [2.75, 3.05) is 0 Å². The van der Waals surface area contributed by atoms with Gasteiger partial charge in [-0.15, -0.1) is 0 Å². The number of nitriles is 1. The van der Waals surface area contributed by atoms with E-state index < -0.39 is 12.1 Å². The zero-order valence-corrected chi connectivity index (χ0v) is 9.37. The number of hydrogen-bond acceptors (Lipinski definition) is 4. The van der Waals surface area contributed by atoms with Crippen LogP contribution in [0.15, 0.2) is 30.3 Å². The van der Waals surface area contributed by atoms with Gasteiger partial charge in [-0.1, -0.05) is 30.3 Å². The largest absolute Gasteiger partial charge is 0.444 e. The van der Waals surface area contributed by atoms with Crippen molar-refractivity contribution in [2.24, 2.45) is 0 Å². The smallest absolute Gasteiger partial charge is 0.424 e. The van der Waals surface area contributed by atoms with Crippen LogP contribution in [0.3, 0.4) is 0 Å². The normalized spacial score (nSPS) is 11.1. The summed E-state index contributed by atoms with van der Waals surface area (Å²) < 4.78 is 4.91. The second-order valence-electron chi connectivity index (χ2n) is 3.39. The number of benzene rings is 1. The standard InChI is InChI=1S/C12H12N2O3/c1-10(7-15)14(9-13)12(16)17-8-11-5-3-2-4-6-11/h2-7,10H,8H2,1H3/t10-/m0/s1. The first-order chi connectivity index (χ1) is 8.19. The molecule has 5 heteroatoms. The third kappa shape index (κ3) is 3.61. The molecule has 1 amide bonds. The highest BCUT2D eigenvalue weighted by molar-refractivity contribution is 5.74. The highest BCUT2D eigenvalue weighted by Gasteiger charge is 2.20. The fourth-order valence-electron chi connectivity index (χ4n) is 1.15. The molecule has 0 aliphatic carbocycles. The predicted molar refractivity (Wildman–Crippen MR) is 59.6 cm³/mol. The van der Waals surface area contributed by atoms with E-state index in [0.29, 0.717) is 11.2 Å². The number of nitrogens with zero attached hydrogens (tertiary/aromatic N) is 2. The van der Waals surface area contributed by atoms with E-state index in [4.69, 9.17) is 10.00 Å². The number of rotatable bonds is 4. The maximum Gasteiger partial charge on any atom is 0.424 e. The van der Waals surface area contributed by atoms with Gasteiger partial charge in [0.1, 0.15) is 18.9 Å². The van der Waals surface area contributed by atoms with Crippen molar-refractivity contribution < 1.29 is 14.3 Å². The van der Waals surface area contributed by atoms with Crippen molar-refractivity contribution >= 4 is 12.4 Å². The Morgan fingerprint density at radius 1 is 1.53 bits per heavy atom. The average Bonchev–Trinajstić information content (AvgIpc) is 2.38. The highest BCUT2D eigenvalue weighted by atomic mass is 16.6. The van der Waals surface area contributed by atoms with Crippen LogP contribution in [0.5, 0.6) is 0 Å². The minimum atomic E-state index is -0.823. The molecule has 0 aliphatic rings. The SMILES string of the molecule is C[C@@H](C=O)N(C#N)C(=O)OCc1ccccc1. The maximum atomic E-state index is 11.5. The molecule has 5 nitrogen and oxygen atoms in total. The number of aldehydes is 1. The maximum absolute atomic E-state index is 11.5. The van der Waals surface area contributed by atoms with Crippen LogP contribution in [-0.2, 0) is 16.1 Å². The van der Waals surface area contributed by atoms with E-state index in [-0.39, 0.29) is 6.61 Å². The minimum Gasteiger partial charge on any atom is -0.444 e. The molecule has 1 aromatic carbocycles. The summed E-state index contributed by atoms with van der Waals surface area (Å²) in [4.78, 5) is 22.6. The molecular weight excluding hydrogens is 220 g/mol. The Labute approximate surface area is 99.2 Å². The number of carbonyl (C=O) groups is 2. The van der Waals surface area contributed by atoms with Gasteiger partial charge in [0.2, 0.25) is 0 Å². The van der Waals surface area contributed by atoms with E-state index in [9.17, 15) is 9.59 Å². The molecule has 0 spiro atoms. The molecule has 0 N–H and O–H groups in total. The summed E-state index contributed by atoms with van der Waals surface area (Å²) in [6.45, 7) is 1.52. The predicted octanol–water partition coefficient (Wildman–Crippen LogP) is 1.69. The Balaban J connectivity index is 2.55. The van der Waals surface area contributed by atoms with E-state index in [2.05, 4.69) is 0 Å². The summed E-state index contributed by atoms with van der Waals surface area (Å²) in [7, 11) is 0. The Morgan fingerprint density at radius 3 is 2.71 bits per heavy atom. The summed E-state index contributed by atoms with van der Waals surface area (Å²) in [5.41, 5.74) is 0.817. The van der Waals surface area contributed by atoms with Gasteiger partial charge in [0.15, 0.2) is 6.19 Å². The third-order valence-electron chi connectivity index (χ3n) is 2.11. The van der Waals surface area contributed by atoms with Gasteiger partial charge >= 0.3 is 6.09 Å². The molecule has 17 heavy (non-hydrogen) atoms. The second kappa shape index (κ2) is 6.28. The van der Waals surface area contributed by atoms with Crippen molar-refractivity contribution in [3.05, 3.63) is 35.9 Å². The molecule has 0 heterocycles. The summed E-state index contributed by atoms with van der Waals surface area (Å²) in [5, 5.41) is 8.71. The Hall–Kier alpha value is -2.35. The third-order valence-corrected chi connectivity index (χ3v) is 2.11. The van der Waals surface area contributed by atoms with Crippen LogP contribution in [0.25, 0.3) is 0 Å². The zero-order chi connectivity index (χ0) is 12.7. The van der Waals surface area contributed by atoms with Crippen molar-refractivity contribution in [3.63, 3.8) is 0 Å². The monoisotopic (exact) mass is 232 g/mol. The van der Waals surface area contributed by atoms with Crippen LogP contribution in [0.4, 0.5) is 4.79 Å². The van der Waals surface area contributed by atoms with Gasteiger partial charge in [-0.25, -0.2) is 9.69 Å². The lowest BCUT2D eigenvalue weighted by molar-refractivity contribution is -0.110. The molecule has 1 atom stereocenters. The van der Waals surface area contributed by atoms with Crippen LogP contribution in [-0.4, -0.2) is 23.3 Å². The van der Waals surface area contributed by atoms with Crippen LogP contribution in [0.1, 0.15) is 12.5 Å². The van der Waals surface area contributed by atoms with Crippen LogP contribution in [0, 0.1) is 11.5 Å². The van der Waals surface area contributed by atoms with Crippen molar-refractivity contribution in [2.45, 2.75) is 19.6 Å². The fraction of sp³-hybridized carbons (Fsp3) is 0.250. The molecule has 0 unspecified atom stereocenters. The molecule has 0 saturated carbocycles. The number of ether oxygens (including phenoxy) is 1. The lowest BCUT2D eigenvalue weighted by atomic mass is 10.2. The highest BCUT2D eigenvalue weighted by Crippen LogP contribution is 2.04. The molecule has 1 aromatic rings. The van der Waals surface area contributed by atoms with Gasteiger partial charge < -0.3 is 9.53 Å². The summed E-state index contributed by atoms with van der Waals surface area (Å²) in [6, 6.07) is 8.27. The zero-order valence-electron chi connectivity index (χ0n) is 9.37. The minimum absolute atomic E-state index is 0.0728. The fourth-order valence-corrected chi connectivity index (χ4v) is 1.15. The Morgan fingerprint density at radius 2 is 2.18 bits per heavy atom. The molecule has 0 aromatic heterocycles. The van der Waals surface area contributed by atoms with Gasteiger partial charge in [-0.3, -0.25) is 0 Å². The van der Waals surface area contributed by atoms with Crippen molar-refractivity contribution in [3.8, 4) is 6.19 Å². The Bertz CT molecular complexity index is 425. The van der Waals surface area contributed by atoms with E-state index >= 15 is 0 Å². The lowest BCUT2D eigenvalue weighted by Gasteiger charge is -2.16. The van der Waals surface area contributed by atoms with Gasteiger partial charge in [0.25, 0.3) is 0 Å². The van der Waals surface area contributed by atoms with Crippen molar-refractivity contribution in [1.29, 1.82) is 5.26 Å². The topological polar surface area (TPSA) is 70.4 Å². The molecule has 88 valence electrons. The van der Waals surface area contributed by atoms with Gasteiger partial charge in [-0.05, 0) is 12.5 Å². The molecule has 0 bridgehead atoms. The summed E-state index contributed by atoms with van der Waals surface area (Å²) >= 11 is 0. The summed E-state index contributed by atoms with van der Waals surface area (Å²) in [6.07, 6.45) is 1.30. The second-order valence-corrected chi connectivity index (χ2v) is 3.39. The number of hydrogen-bond donors (Lipinski definition) is 0. The number of carbonyl (C=O) groups excluding carboxylic acids is 2. The molecule has 0 radical (unpaired) electrons. The van der Waals surface area contributed by atoms with E-state index in [1.165, 1.54) is 6.92 Å². The quantitative estimate of drug-likeness (QED) is 0.450. The van der Waals surface area contributed by atoms with Crippen molar-refractivity contribution in [1.82, 2.24) is 4.90 Å². The van der Waals surface area contributed by atoms with E-state index in [0.717, 1.165) is 5.56 Å². The van der Waals surface area contributed by atoms with Gasteiger partial charge in [0.05, 0.1) is 0 Å². The molecule has 0 aliphatic heterocycles. The first-order valence-corrected chi connectivity index (χ1v) is 5.04. The van der Waals surface area contributed by atoms with Gasteiger partial charge in [0, 0.05) is 0 Å².